The van der Waals surface area contributed by atoms with E-state index in [1.807, 2.05) is 42.5 Å². The minimum atomic E-state index is -0.220. The first-order valence-electron chi connectivity index (χ1n) is 7.70. The van der Waals surface area contributed by atoms with E-state index in [1.165, 1.54) is 0 Å². The third kappa shape index (κ3) is 4.63. The van der Waals surface area contributed by atoms with Gasteiger partial charge in [-0.15, -0.1) is 0 Å². The second-order valence-corrected chi connectivity index (χ2v) is 6.26. The first kappa shape index (κ1) is 17.5. The molecular formula is C19H16Cl2N2O2. The molecule has 1 heterocycles. The van der Waals surface area contributed by atoms with Crippen LogP contribution in [-0.4, -0.2) is 12.5 Å². The lowest BCUT2D eigenvalue weighted by Gasteiger charge is -2.17. The van der Waals surface area contributed by atoms with Crippen LogP contribution >= 0.6 is 23.2 Å². The van der Waals surface area contributed by atoms with E-state index in [0.29, 0.717) is 15.7 Å². The van der Waals surface area contributed by atoms with Crippen molar-refractivity contribution in [1.29, 1.82) is 0 Å². The van der Waals surface area contributed by atoms with Gasteiger partial charge in [-0.25, -0.2) is 0 Å². The zero-order valence-corrected chi connectivity index (χ0v) is 14.7. The first-order chi connectivity index (χ1) is 12.1. The Hall–Kier alpha value is -2.27. The Balaban J connectivity index is 1.68. The lowest BCUT2D eigenvalue weighted by molar-refractivity contribution is -0.115. The number of benzene rings is 2. The molecule has 0 saturated heterocycles. The Morgan fingerprint density at radius 1 is 1.04 bits per heavy atom. The lowest BCUT2D eigenvalue weighted by atomic mass is 10.0. The van der Waals surface area contributed by atoms with E-state index < -0.39 is 0 Å². The number of hydrogen-bond donors (Lipinski definition) is 2. The summed E-state index contributed by atoms with van der Waals surface area (Å²) in [5.41, 5.74) is 1.53. The van der Waals surface area contributed by atoms with Crippen molar-refractivity contribution >= 4 is 34.8 Å². The molecule has 128 valence electrons. The molecule has 0 bridgehead atoms. The molecule has 0 fully saturated rings. The van der Waals surface area contributed by atoms with Gasteiger partial charge in [0.1, 0.15) is 5.76 Å². The summed E-state index contributed by atoms with van der Waals surface area (Å²) in [6, 6.07) is 18.2. The van der Waals surface area contributed by atoms with Gasteiger partial charge in [0.15, 0.2) is 0 Å². The number of amides is 1. The highest BCUT2D eigenvalue weighted by atomic mass is 35.5. The van der Waals surface area contributed by atoms with E-state index in [9.17, 15) is 4.79 Å². The largest absolute Gasteiger partial charge is 0.467 e. The number of nitrogens with one attached hydrogen (secondary N) is 2. The second kappa shape index (κ2) is 8.21. The number of carbonyl (C=O) groups excluding carboxylic acids is 1. The normalized spacial score (nSPS) is 11.9. The highest BCUT2D eigenvalue weighted by molar-refractivity contribution is 6.36. The van der Waals surface area contributed by atoms with E-state index in [-0.39, 0.29) is 18.5 Å². The van der Waals surface area contributed by atoms with E-state index in [4.69, 9.17) is 27.6 Å². The van der Waals surface area contributed by atoms with Crippen LogP contribution in [0.25, 0.3) is 0 Å². The van der Waals surface area contributed by atoms with E-state index in [0.717, 1.165) is 11.3 Å². The van der Waals surface area contributed by atoms with Gasteiger partial charge in [0.2, 0.25) is 5.91 Å². The summed E-state index contributed by atoms with van der Waals surface area (Å²) >= 11 is 11.9. The van der Waals surface area contributed by atoms with Gasteiger partial charge in [0, 0.05) is 5.02 Å². The van der Waals surface area contributed by atoms with Gasteiger partial charge in [0.25, 0.3) is 0 Å². The molecule has 0 aliphatic carbocycles. The van der Waals surface area contributed by atoms with Crippen molar-refractivity contribution in [2.24, 2.45) is 0 Å². The lowest BCUT2D eigenvalue weighted by Crippen LogP contribution is -2.31. The van der Waals surface area contributed by atoms with E-state index >= 15 is 0 Å². The van der Waals surface area contributed by atoms with Crippen molar-refractivity contribution < 1.29 is 9.21 Å². The predicted octanol–water partition coefficient (Wildman–Crippen LogP) is 4.90. The molecule has 1 aromatic heterocycles. The molecule has 1 atom stereocenters. The predicted molar refractivity (Wildman–Crippen MR) is 100 cm³/mol. The van der Waals surface area contributed by atoms with Gasteiger partial charge in [-0.3, -0.25) is 10.1 Å². The molecule has 0 radical (unpaired) electrons. The Morgan fingerprint density at radius 2 is 1.84 bits per heavy atom. The molecule has 2 aromatic carbocycles. The van der Waals surface area contributed by atoms with Gasteiger partial charge in [-0.05, 0) is 35.9 Å². The van der Waals surface area contributed by atoms with Crippen molar-refractivity contribution in [2.45, 2.75) is 6.04 Å². The maximum atomic E-state index is 12.3. The number of rotatable bonds is 6. The fraction of sp³-hybridized carbons (Fsp3) is 0.105. The number of furan rings is 1. The molecular weight excluding hydrogens is 359 g/mol. The Kier molecular flexibility index (Phi) is 5.76. The average molecular weight is 375 g/mol. The van der Waals surface area contributed by atoms with Crippen molar-refractivity contribution in [2.75, 3.05) is 11.9 Å². The maximum Gasteiger partial charge on any atom is 0.238 e. The topological polar surface area (TPSA) is 54.3 Å². The standard InChI is InChI=1S/C19H16Cl2N2O2/c20-14-8-9-16(15(21)11-14)23-18(24)12-22-19(17-7-4-10-25-17)13-5-2-1-3-6-13/h1-11,19,22H,12H2,(H,23,24)/t19-/m0/s1. The van der Waals surface area contributed by atoms with E-state index in [2.05, 4.69) is 10.6 Å². The smallest absolute Gasteiger partial charge is 0.238 e. The highest BCUT2D eigenvalue weighted by Gasteiger charge is 2.17. The monoisotopic (exact) mass is 374 g/mol. The zero-order chi connectivity index (χ0) is 17.6. The fourth-order valence-corrected chi connectivity index (χ4v) is 2.92. The summed E-state index contributed by atoms with van der Waals surface area (Å²) < 4.78 is 5.50. The average Bonchev–Trinajstić information content (AvgIpc) is 3.13. The number of halogens is 2. The molecule has 0 spiro atoms. The number of carbonyl (C=O) groups is 1. The molecule has 25 heavy (non-hydrogen) atoms. The van der Waals surface area contributed by atoms with Gasteiger partial charge in [-0.2, -0.15) is 0 Å². The van der Waals surface area contributed by atoms with Crippen LogP contribution in [0.5, 0.6) is 0 Å². The molecule has 0 unspecified atom stereocenters. The highest BCUT2D eigenvalue weighted by Crippen LogP contribution is 2.25. The minimum Gasteiger partial charge on any atom is -0.467 e. The summed E-state index contributed by atoms with van der Waals surface area (Å²) in [4.78, 5) is 12.3. The molecule has 2 N–H and O–H groups in total. The Bertz CT molecular complexity index is 836. The molecule has 4 nitrogen and oxygen atoms in total. The van der Waals surface area contributed by atoms with Gasteiger partial charge in [0.05, 0.1) is 29.6 Å². The summed E-state index contributed by atoms with van der Waals surface area (Å²) in [5.74, 6) is 0.528. The van der Waals surface area contributed by atoms with Crippen LogP contribution in [0, 0.1) is 0 Å². The first-order valence-corrected chi connectivity index (χ1v) is 8.46. The van der Waals surface area contributed by atoms with Gasteiger partial charge in [-0.1, -0.05) is 53.5 Å². The third-order valence-corrected chi connectivity index (χ3v) is 4.18. The maximum absolute atomic E-state index is 12.3. The number of anilines is 1. The van der Waals surface area contributed by atoms with Crippen molar-refractivity contribution in [3.05, 3.63) is 88.3 Å². The third-order valence-electron chi connectivity index (χ3n) is 3.63. The quantitative estimate of drug-likeness (QED) is 0.644. The zero-order valence-electron chi connectivity index (χ0n) is 13.2. The second-order valence-electron chi connectivity index (χ2n) is 5.41. The van der Waals surface area contributed by atoms with Crippen LogP contribution in [0.1, 0.15) is 17.4 Å². The molecule has 3 aromatic rings. The summed E-state index contributed by atoms with van der Waals surface area (Å²) in [6.07, 6.45) is 1.61. The Labute approximate surface area is 155 Å². The van der Waals surface area contributed by atoms with Crippen LogP contribution in [0.4, 0.5) is 5.69 Å². The summed E-state index contributed by atoms with van der Waals surface area (Å²) in [5, 5.41) is 6.89. The molecule has 0 aliphatic rings. The number of hydrogen-bond acceptors (Lipinski definition) is 3. The van der Waals surface area contributed by atoms with Crippen LogP contribution in [0.2, 0.25) is 10.0 Å². The molecule has 0 aliphatic heterocycles. The van der Waals surface area contributed by atoms with E-state index in [1.54, 1.807) is 24.5 Å². The van der Waals surface area contributed by atoms with Crippen LogP contribution < -0.4 is 10.6 Å². The minimum absolute atomic E-state index is 0.0964. The Morgan fingerprint density at radius 3 is 2.52 bits per heavy atom. The SMILES string of the molecule is O=C(CN[C@@H](c1ccccc1)c1ccco1)Nc1ccc(Cl)cc1Cl. The van der Waals surface area contributed by atoms with Gasteiger partial charge >= 0.3 is 0 Å². The van der Waals surface area contributed by atoms with Crippen LogP contribution in [-0.2, 0) is 4.79 Å². The molecule has 6 heteroatoms. The fourth-order valence-electron chi connectivity index (χ4n) is 2.46. The van der Waals surface area contributed by atoms with Crippen molar-refractivity contribution in [3.63, 3.8) is 0 Å². The van der Waals surface area contributed by atoms with Crippen molar-refractivity contribution in [1.82, 2.24) is 5.32 Å². The van der Waals surface area contributed by atoms with Crippen LogP contribution in [0.15, 0.2) is 71.3 Å². The molecule has 0 saturated carbocycles. The van der Waals surface area contributed by atoms with Gasteiger partial charge < -0.3 is 9.73 Å². The van der Waals surface area contributed by atoms with Crippen molar-refractivity contribution in [3.8, 4) is 0 Å². The molecule has 3 rings (SSSR count). The van der Waals surface area contributed by atoms with Crippen LogP contribution in [0.3, 0.4) is 0 Å². The summed E-state index contributed by atoms with van der Waals surface area (Å²) in [6.45, 7) is 0.0964. The summed E-state index contributed by atoms with van der Waals surface area (Å²) in [7, 11) is 0. The molecule has 1 amide bonds.